The van der Waals surface area contributed by atoms with Crippen LogP contribution in [-0.4, -0.2) is 37.4 Å². The molecule has 1 unspecified atom stereocenters. The second-order valence-corrected chi connectivity index (χ2v) is 12.4. The molecule has 220 valence electrons. The second kappa shape index (κ2) is 12.2. The summed E-state index contributed by atoms with van der Waals surface area (Å²) in [6.07, 6.45) is 4.74. The first-order valence-corrected chi connectivity index (χ1v) is 15.5. The van der Waals surface area contributed by atoms with Gasteiger partial charge in [-0.15, -0.1) is 0 Å². The zero-order valence-corrected chi connectivity index (χ0v) is 24.5. The smallest absolute Gasteiger partial charge is 0.254 e. The Morgan fingerprint density at radius 2 is 1.67 bits per heavy atom. The molecule has 0 saturated carbocycles. The molecule has 0 spiro atoms. The van der Waals surface area contributed by atoms with Crippen LogP contribution in [0.4, 0.5) is 10.1 Å². The van der Waals surface area contributed by atoms with Crippen molar-refractivity contribution in [2.45, 2.75) is 30.8 Å². The van der Waals surface area contributed by atoms with Crippen molar-refractivity contribution in [1.29, 1.82) is 0 Å². The molecule has 0 radical (unpaired) electrons. The summed E-state index contributed by atoms with van der Waals surface area (Å²) in [5, 5.41) is 2.77. The van der Waals surface area contributed by atoms with Crippen LogP contribution >= 0.6 is 0 Å². The average molecular weight is 599 g/mol. The lowest BCUT2D eigenvalue weighted by atomic mass is 9.92. The van der Waals surface area contributed by atoms with Crippen molar-refractivity contribution in [3.05, 3.63) is 125 Å². The fourth-order valence-corrected chi connectivity index (χ4v) is 6.22. The Morgan fingerprint density at radius 3 is 2.37 bits per heavy atom. The van der Waals surface area contributed by atoms with E-state index >= 15 is 4.39 Å². The number of aryl methyl sites for hydroxylation is 1. The van der Waals surface area contributed by atoms with Gasteiger partial charge in [0.25, 0.3) is 5.91 Å². The van der Waals surface area contributed by atoms with Crippen molar-refractivity contribution in [3.8, 4) is 11.1 Å². The molecule has 10 heteroatoms. The maximum absolute atomic E-state index is 15.3. The molecule has 0 fully saturated rings. The summed E-state index contributed by atoms with van der Waals surface area (Å²) in [5.41, 5.74) is 7.07. The maximum Gasteiger partial charge on any atom is 0.254 e. The highest BCUT2D eigenvalue weighted by Crippen LogP contribution is 2.32. The van der Waals surface area contributed by atoms with E-state index in [4.69, 9.17) is 5.84 Å². The summed E-state index contributed by atoms with van der Waals surface area (Å²) in [4.78, 5) is 29.0. The number of hydrogen-bond donors (Lipinski definition) is 3. The van der Waals surface area contributed by atoms with E-state index in [1.54, 1.807) is 36.5 Å². The standard InChI is InChI=1S/C33H31FN4O4S/c1-21-17-24(12-11-22(21)15-16-36-35)33(40)38-20-25-8-4-3-7-23(25)18-30(38)32(39)37-26-13-14-27(29(34)19-26)28-9-5-6-10-31(28)43(2,41)42/h3-17,19,30,36H,18,20,35H2,1-2H3,(H,37,39)/b16-15-. The number of fused-ring (bicyclic) bond motifs is 1. The predicted molar refractivity (Wildman–Crippen MR) is 165 cm³/mol. The SMILES string of the molecule is Cc1cc(C(=O)N2Cc3ccccc3CC2C(=O)Nc2ccc(-c3ccccc3S(C)(=O)=O)c(F)c2)ccc1/C=C\NN. The first-order valence-electron chi connectivity index (χ1n) is 13.6. The molecule has 4 aromatic carbocycles. The van der Waals surface area contributed by atoms with Crippen LogP contribution in [-0.2, 0) is 27.6 Å². The van der Waals surface area contributed by atoms with Crippen LogP contribution < -0.4 is 16.6 Å². The first kappa shape index (κ1) is 29.7. The van der Waals surface area contributed by atoms with Crippen LogP contribution in [0.25, 0.3) is 17.2 Å². The minimum absolute atomic E-state index is 0.0102. The molecule has 4 aromatic rings. The van der Waals surface area contributed by atoms with Gasteiger partial charge in [-0.1, -0.05) is 48.5 Å². The molecule has 4 N–H and O–H groups in total. The van der Waals surface area contributed by atoms with Gasteiger partial charge >= 0.3 is 0 Å². The van der Waals surface area contributed by atoms with E-state index in [-0.39, 0.29) is 40.6 Å². The van der Waals surface area contributed by atoms with E-state index < -0.39 is 27.6 Å². The van der Waals surface area contributed by atoms with Crippen LogP contribution in [0, 0.1) is 12.7 Å². The molecule has 0 aromatic heterocycles. The normalized spacial score (nSPS) is 14.8. The number of rotatable bonds is 7. The molecule has 1 heterocycles. The molecular weight excluding hydrogens is 567 g/mol. The fourth-order valence-electron chi connectivity index (χ4n) is 5.32. The van der Waals surface area contributed by atoms with Gasteiger partial charge in [0.2, 0.25) is 5.91 Å². The average Bonchev–Trinajstić information content (AvgIpc) is 2.99. The Balaban J connectivity index is 1.43. The zero-order chi connectivity index (χ0) is 30.7. The summed E-state index contributed by atoms with van der Waals surface area (Å²) in [6.45, 7) is 2.12. The van der Waals surface area contributed by atoms with Gasteiger partial charge in [-0.25, -0.2) is 12.8 Å². The quantitative estimate of drug-likeness (QED) is 0.207. The van der Waals surface area contributed by atoms with Gasteiger partial charge in [0.1, 0.15) is 11.9 Å². The fraction of sp³-hybridized carbons (Fsp3) is 0.152. The van der Waals surface area contributed by atoms with Gasteiger partial charge in [0, 0.05) is 47.8 Å². The van der Waals surface area contributed by atoms with Crippen LogP contribution in [0.3, 0.4) is 0 Å². The monoisotopic (exact) mass is 598 g/mol. The van der Waals surface area contributed by atoms with Crippen molar-refractivity contribution >= 4 is 33.4 Å². The van der Waals surface area contributed by atoms with E-state index in [0.29, 0.717) is 5.56 Å². The van der Waals surface area contributed by atoms with Crippen molar-refractivity contribution < 1.29 is 22.4 Å². The number of nitrogens with one attached hydrogen (secondary N) is 2. The second-order valence-electron chi connectivity index (χ2n) is 10.4. The van der Waals surface area contributed by atoms with Gasteiger partial charge < -0.3 is 15.6 Å². The molecule has 0 aliphatic carbocycles. The summed E-state index contributed by atoms with van der Waals surface area (Å²) in [6, 6.07) is 22.4. The largest absolute Gasteiger partial charge is 0.331 e. The third-order valence-electron chi connectivity index (χ3n) is 7.50. The number of halogens is 1. The van der Waals surface area contributed by atoms with Gasteiger partial charge in [-0.2, -0.15) is 0 Å². The number of carbonyl (C=O) groups is 2. The number of amides is 2. The van der Waals surface area contributed by atoms with E-state index in [1.807, 2.05) is 37.3 Å². The highest BCUT2D eigenvalue weighted by molar-refractivity contribution is 7.90. The summed E-state index contributed by atoms with van der Waals surface area (Å²) in [7, 11) is -3.60. The number of hydrazine groups is 1. The van der Waals surface area contributed by atoms with E-state index in [9.17, 15) is 18.0 Å². The number of benzene rings is 4. The summed E-state index contributed by atoms with van der Waals surface area (Å²) in [5.74, 6) is 3.87. The third kappa shape index (κ3) is 6.35. The Bertz CT molecular complexity index is 1860. The maximum atomic E-state index is 15.3. The van der Waals surface area contributed by atoms with Crippen LogP contribution in [0.15, 0.2) is 96.0 Å². The van der Waals surface area contributed by atoms with Crippen LogP contribution in [0.5, 0.6) is 0 Å². The molecule has 1 aliphatic heterocycles. The number of carbonyl (C=O) groups excluding carboxylic acids is 2. The summed E-state index contributed by atoms with van der Waals surface area (Å²) < 4.78 is 39.9. The number of hydrogen-bond acceptors (Lipinski definition) is 6. The molecular formula is C33H31FN4O4S. The van der Waals surface area contributed by atoms with Gasteiger partial charge in [-0.3, -0.25) is 15.4 Å². The van der Waals surface area contributed by atoms with Crippen molar-refractivity contribution in [2.75, 3.05) is 11.6 Å². The highest BCUT2D eigenvalue weighted by Gasteiger charge is 2.35. The molecule has 0 saturated heterocycles. The minimum atomic E-state index is -3.60. The van der Waals surface area contributed by atoms with Gasteiger partial charge in [-0.05, 0) is 71.7 Å². The number of nitrogens with zero attached hydrogens (tertiary/aromatic N) is 1. The third-order valence-corrected chi connectivity index (χ3v) is 8.66. The Labute approximate surface area is 249 Å². The molecule has 5 rings (SSSR count). The molecule has 8 nitrogen and oxygen atoms in total. The summed E-state index contributed by atoms with van der Waals surface area (Å²) >= 11 is 0. The number of sulfone groups is 1. The first-order chi connectivity index (χ1) is 20.6. The molecule has 1 aliphatic rings. The lowest BCUT2D eigenvalue weighted by Gasteiger charge is -2.36. The van der Waals surface area contributed by atoms with Crippen molar-refractivity contribution in [2.24, 2.45) is 5.84 Å². The minimum Gasteiger partial charge on any atom is -0.331 e. The Morgan fingerprint density at radius 1 is 0.953 bits per heavy atom. The van der Waals surface area contributed by atoms with E-state index in [2.05, 4.69) is 10.7 Å². The number of nitrogens with two attached hydrogens (primary N) is 1. The molecule has 2 amide bonds. The number of anilines is 1. The Hall–Kier alpha value is -4.80. The lowest BCUT2D eigenvalue weighted by molar-refractivity contribution is -0.121. The van der Waals surface area contributed by atoms with Crippen molar-refractivity contribution in [1.82, 2.24) is 10.3 Å². The van der Waals surface area contributed by atoms with Crippen LogP contribution in [0.1, 0.15) is 32.6 Å². The molecule has 1 atom stereocenters. The van der Waals surface area contributed by atoms with E-state index in [0.717, 1.165) is 34.6 Å². The topological polar surface area (TPSA) is 122 Å². The lowest BCUT2D eigenvalue weighted by Crippen LogP contribution is -2.50. The Kier molecular flexibility index (Phi) is 8.43. The molecule has 43 heavy (non-hydrogen) atoms. The highest BCUT2D eigenvalue weighted by atomic mass is 32.2. The zero-order valence-electron chi connectivity index (χ0n) is 23.7. The van der Waals surface area contributed by atoms with E-state index in [1.165, 1.54) is 29.2 Å². The van der Waals surface area contributed by atoms with Gasteiger partial charge in [0.05, 0.1) is 4.90 Å². The molecule has 0 bridgehead atoms. The van der Waals surface area contributed by atoms with Gasteiger partial charge in [0.15, 0.2) is 9.84 Å². The van der Waals surface area contributed by atoms with Crippen molar-refractivity contribution in [3.63, 3.8) is 0 Å². The van der Waals surface area contributed by atoms with Crippen LogP contribution in [0.2, 0.25) is 0 Å². The predicted octanol–water partition coefficient (Wildman–Crippen LogP) is 4.84.